The fraction of sp³-hybridized carbons (Fsp3) is 0.333. The third kappa shape index (κ3) is 4.18. The van der Waals surface area contributed by atoms with E-state index in [0.29, 0.717) is 17.4 Å². The molecule has 0 radical (unpaired) electrons. The number of halogens is 1. The first-order valence-corrected chi connectivity index (χ1v) is 12.1. The van der Waals surface area contributed by atoms with Crippen LogP contribution in [0.15, 0.2) is 48.7 Å². The molecule has 5 rings (SSSR count). The fourth-order valence-corrected chi connectivity index (χ4v) is 5.18. The smallest absolute Gasteiger partial charge is 0.227 e. The van der Waals surface area contributed by atoms with E-state index in [1.54, 1.807) is 7.11 Å². The van der Waals surface area contributed by atoms with Crippen molar-refractivity contribution in [1.82, 2.24) is 19.7 Å². The van der Waals surface area contributed by atoms with Crippen molar-refractivity contribution in [2.75, 3.05) is 20.2 Å². The van der Waals surface area contributed by atoms with Gasteiger partial charge in [0.05, 0.1) is 24.9 Å². The topological polar surface area (TPSA) is 63.1 Å². The average Bonchev–Trinajstić information content (AvgIpc) is 3.40. The number of carbonyl (C=O) groups excluding carboxylic acids is 1. The molecule has 7 heteroatoms. The highest BCUT2D eigenvalue weighted by Gasteiger charge is 2.27. The quantitative estimate of drug-likeness (QED) is 0.409. The van der Waals surface area contributed by atoms with E-state index in [-0.39, 0.29) is 5.91 Å². The van der Waals surface area contributed by atoms with Crippen molar-refractivity contribution in [2.45, 2.75) is 39.0 Å². The van der Waals surface area contributed by atoms with Crippen molar-refractivity contribution in [3.63, 3.8) is 0 Å². The summed E-state index contributed by atoms with van der Waals surface area (Å²) in [5.41, 5.74) is 6.28. The minimum Gasteiger partial charge on any atom is -0.497 e. The zero-order valence-corrected chi connectivity index (χ0v) is 20.5. The molecule has 176 valence electrons. The summed E-state index contributed by atoms with van der Waals surface area (Å²) < 4.78 is 7.31. The number of fused-ring (bicyclic) bond motifs is 1. The van der Waals surface area contributed by atoms with Gasteiger partial charge in [-0.25, -0.2) is 4.68 Å². The summed E-state index contributed by atoms with van der Waals surface area (Å²) in [6.07, 6.45) is 4.40. The number of amides is 1. The normalized spacial score (nSPS) is 14.6. The number of likely N-dealkylation sites (tertiary alicyclic amines) is 1. The molecule has 0 unspecified atom stereocenters. The molecule has 0 bridgehead atoms. The summed E-state index contributed by atoms with van der Waals surface area (Å²) in [7, 11) is 1.69. The second-order valence-corrected chi connectivity index (χ2v) is 9.46. The van der Waals surface area contributed by atoms with Crippen molar-refractivity contribution in [3.8, 4) is 11.4 Å². The van der Waals surface area contributed by atoms with Crippen LogP contribution in [0.3, 0.4) is 0 Å². The van der Waals surface area contributed by atoms with E-state index in [1.165, 1.54) is 10.9 Å². The minimum absolute atomic E-state index is 0.168. The molecule has 1 amide bonds. The second kappa shape index (κ2) is 9.18. The lowest BCUT2D eigenvalue weighted by Crippen LogP contribution is -2.38. The van der Waals surface area contributed by atoms with Gasteiger partial charge in [-0.15, -0.1) is 0 Å². The SMILES string of the molecule is COc1ccc2[nH]cc(C3CCN(C(=O)Cc4c(C)nn(-c5ccc(Cl)cc5)c4C)CC3)c2c1. The summed E-state index contributed by atoms with van der Waals surface area (Å²) in [5.74, 6) is 1.47. The Morgan fingerprint density at radius 2 is 1.88 bits per heavy atom. The van der Waals surface area contributed by atoms with E-state index in [9.17, 15) is 4.79 Å². The van der Waals surface area contributed by atoms with Crippen LogP contribution in [0.25, 0.3) is 16.6 Å². The molecule has 1 saturated heterocycles. The molecule has 3 heterocycles. The van der Waals surface area contributed by atoms with Crippen LogP contribution >= 0.6 is 11.6 Å². The van der Waals surface area contributed by atoms with Gasteiger partial charge in [-0.1, -0.05) is 11.6 Å². The number of carbonyl (C=O) groups is 1. The Morgan fingerprint density at radius 3 is 2.59 bits per heavy atom. The van der Waals surface area contributed by atoms with Crippen molar-refractivity contribution in [2.24, 2.45) is 0 Å². The number of methoxy groups -OCH3 is 1. The lowest BCUT2D eigenvalue weighted by Gasteiger charge is -2.32. The predicted molar refractivity (Wildman–Crippen MR) is 135 cm³/mol. The van der Waals surface area contributed by atoms with E-state index in [0.717, 1.165) is 59.8 Å². The van der Waals surface area contributed by atoms with Crippen LogP contribution in [-0.2, 0) is 11.2 Å². The summed E-state index contributed by atoms with van der Waals surface area (Å²) in [5, 5.41) is 6.59. The fourth-order valence-electron chi connectivity index (χ4n) is 5.05. The Kier molecular flexibility index (Phi) is 6.09. The highest BCUT2D eigenvalue weighted by Crippen LogP contribution is 2.35. The number of rotatable bonds is 5. The third-order valence-corrected chi connectivity index (χ3v) is 7.30. The average molecular weight is 477 g/mol. The molecule has 1 aliphatic heterocycles. The Balaban J connectivity index is 1.27. The number of H-pyrrole nitrogens is 1. The zero-order chi connectivity index (χ0) is 23.8. The number of nitrogens with one attached hydrogen (secondary N) is 1. The standard InChI is InChI=1S/C27H29ClN4O2/c1-17-23(18(2)32(30-17)21-6-4-20(28)5-7-21)15-27(33)31-12-10-19(11-13-31)25-16-29-26-9-8-22(34-3)14-24(25)26/h4-9,14,16,19,29H,10-13,15H2,1-3H3. The molecular weight excluding hydrogens is 448 g/mol. The molecule has 1 aliphatic rings. The molecule has 1 N–H and O–H groups in total. The monoisotopic (exact) mass is 476 g/mol. The molecular formula is C27H29ClN4O2. The number of aromatic amines is 1. The van der Waals surface area contributed by atoms with Crippen molar-refractivity contribution in [1.29, 1.82) is 0 Å². The first-order chi connectivity index (χ1) is 16.4. The minimum atomic E-state index is 0.168. The Morgan fingerprint density at radius 1 is 1.15 bits per heavy atom. The van der Waals surface area contributed by atoms with Crippen LogP contribution < -0.4 is 4.74 Å². The molecule has 4 aromatic rings. The number of aromatic nitrogens is 3. The van der Waals surface area contributed by atoms with Gasteiger partial charge in [0.15, 0.2) is 0 Å². The number of aryl methyl sites for hydroxylation is 1. The summed E-state index contributed by atoms with van der Waals surface area (Å²) >= 11 is 6.03. The van der Waals surface area contributed by atoms with Crippen LogP contribution in [0.1, 0.15) is 41.3 Å². The summed E-state index contributed by atoms with van der Waals surface area (Å²) in [6.45, 7) is 5.53. The Bertz CT molecular complexity index is 1330. The number of benzene rings is 2. The highest BCUT2D eigenvalue weighted by atomic mass is 35.5. The van der Waals surface area contributed by atoms with Gasteiger partial charge in [-0.2, -0.15) is 5.10 Å². The van der Waals surface area contributed by atoms with Gasteiger partial charge in [0, 0.05) is 46.5 Å². The molecule has 0 aliphatic carbocycles. The van der Waals surface area contributed by atoms with Gasteiger partial charge in [-0.05, 0) is 80.6 Å². The molecule has 0 spiro atoms. The highest BCUT2D eigenvalue weighted by molar-refractivity contribution is 6.30. The Labute approximate surface area is 204 Å². The van der Waals surface area contributed by atoms with Crippen LogP contribution in [-0.4, -0.2) is 45.8 Å². The number of ether oxygens (including phenoxy) is 1. The molecule has 2 aromatic carbocycles. The van der Waals surface area contributed by atoms with Crippen LogP contribution in [0.4, 0.5) is 0 Å². The number of hydrogen-bond donors (Lipinski definition) is 1. The van der Waals surface area contributed by atoms with Crippen LogP contribution in [0, 0.1) is 13.8 Å². The zero-order valence-electron chi connectivity index (χ0n) is 19.8. The van der Waals surface area contributed by atoms with Crippen LogP contribution in [0.5, 0.6) is 5.75 Å². The van der Waals surface area contributed by atoms with E-state index in [1.807, 2.05) is 53.8 Å². The first-order valence-electron chi connectivity index (χ1n) is 11.7. The van der Waals surface area contributed by atoms with E-state index in [2.05, 4.69) is 28.4 Å². The summed E-state index contributed by atoms with van der Waals surface area (Å²) in [4.78, 5) is 18.6. The molecule has 0 saturated carbocycles. The van der Waals surface area contributed by atoms with E-state index in [4.69, 9.17) is 16.3 Å². The Hall–Kier alpha value is -3.25. The van der Waals surface area contributed by atoms with E-state index >= 15 is 0 Å². The lowest BCUT2D eigenvalue weighted by molar-refractivity contribution is -0.131. The largest absolute Gasteiger partial charge is 0.497 e. The van der Waals surface area contributed by atoms with Gasteiger partial charge in [0.25, 0.3) is 0 Å². The van der Waals surface area contributed by atoms with Gasteiger partial charge in [0.2, 0.25) is 5.91 Å². The second-order valence-electron chi connectivity index (χ2n) is 9.02. The van der Waals surface area contributed by atoms with E-state index < -0.39 is 0 Å². The third-order valence-electron chi connectivity index (χ3n) is 7.05. The van der Waals surface area contributed by atoms with Gasteiger partial charge >= 0.3 is 0 Å². The molecule has 1 fully saturated rings. The maximum atomic E-state index is 13.2. The van der Waals surface area contributed by atoms with Gasteiger partial charge in [0.1, 0.15) is 5.75 Å². The number of piperidine rings is 1. The summed E-state index contributed by atoms with van der Waals surface area (Å²) in [6, 6.07) is 13.7. The van der Waals surface area contributed by atoms with Crippen molar-refractivity contribution in [3.05, 3.63) is 76.2 Å². The van der Waals surface area contributed by atoms with Gasteiger partial charge in [-0.3, -0.25) is 4.79 Å². The molecule has 0 atom stereocenters. The predicted octanol–water partition coefficient (Wildman–Crippen LogP) is 5.58. The molecule has 6 nitrogen and oxygen atoms in total. The van der Waals surface area contributed by atoms with Crippen molar-refractivity contribution >= 4 is 28.4 Å². The maximum Gasteiger partial charge on any atom is 0.227 e. The van der Waals surface area contributed by atoms with Crippen LogP contribution in [0.2, 0.25) is 5.02 Å². The van der Waals surface area contributed by atoms with Crippen molar-refractivity contribution < 1.29 is 9.53 Å². The lowest BCUT2D eigenvalue weighted by atomic mass is 9.89. The number of nitrogens with zero attached hydrogens (tertiary/aromatic N) is 3. The maximum absolute atomic E-state index is 13.2. The molecule has 2 aromatic heterocycles. The number of hydrogen-bond acceptors (Lipinski definition) is 3. The van der Waals surface area contributed by atoms with Gasteiger partial charge < -0.3 is 14.6 Å². The molecule has 34 heavy (non-hydrogen) atoms. The first kappa shape index (κ1) is 22.5.